The van der Waals surface area contributed by atoms with E-state index in [2.05, 4.69) is 0 Å². The molecule has 0 spiro atoms. The molecule has 0 rings (SSSR count). The van der Waals surface area contributed by atoms with Gasteiger partial charge in [0.2, 0.25) is 0 Å². The molecule has 0 aromatic carbocycles. The van der Waals surface area contributed by atoms with Crippen LogP contribution in [0, 0.1) is 0 Å². The summed E-state index contributed by atoms with van der Waals surface area (Å²) >= 11 is 0. The summed E-state index contributed by atoms with van der Waals surface area (Å²) in [6.45, 7) is 4.90. The van der Waals surface area contributed by atoms with Crippen LogP contribution < -0.4 is 0 Å². The minimum absolute atomic E-state index is 0. The molecule has 0 N–H and O–H groups in total. The number of hydrogen-bond acceptors (Lipinski definition) is 0. The summed E-state index contributed by atoms with van der Waals surface area (Å²) in [5.74, 6) is 0. The minimum Gasteiger partial charge on any atom is -0.230 e. The monoisotopic (exact) mass is 257 g/mol. The van der Waals surface area contributed by atoms with Gasteiger partial charge < -0.3 is 0 Å². The molecule has 1 radical (unpaired) electrons. The van der Waals surface area contributed by atoms with Gasteiger partial charge in [0.25, 0.3) is 0 Å². The summed E-state index contributed by atoms with van der Waals surface area (Å²) in [4.78, 5) is 0. The molecular formula is C4H9OW. The van der Waals surface area contributed by atoms with Crippen molar-refractivity contribution in [2.45, 2.75) is 26.4 Å². The molecule has 0 fully saturated rings. The third-order valence-corrected chi connectivity index (χ3v) is 0. The van der Waals surface area contributed by atoms with Gasteiger partial charge in [0.05, 0.1) is 5.60 Å². The molecule has 0 saturated carbocycles. The first-order valence-corrected chi connectivity index (χ1v) is 1.70. The quantitative estimate of drug-likeness (QED) is 0.621. The van der Waals surface area contributed by atoms with Crippen LogP contribution in [0.4, 0.5) is 0 Å². The first kappa shape index (κ1) is 9.82. The van der Waals surface area contributed by atoms with E-state index in [1.54, 1.807) is 20.8 Å². The Bertz CT molecular complexity index is 23.0. The van der Waals surface area contributed by atoms with Gasteiger partial charge in [0, 0.05) is 21.1 Å². The fraction of sp³-hybridized carbons (Fsp3) is 1.00. The van der Waals surface area contributed by atoms with Crippen molar-refractivity contribution in [3.63, 3.8) is 0 Å². The summed E-state index contributed by atoms with van der Waals surface area (Å²) in [5.41, 5.74) is -0.750. The molecule has 2 heteroatoms. The van der Waals surface area contributed by atoms with Gasteiger partial charge in [-0.1, -0.05) is 0 Å². The average Bonchev–Trinajstić information content (AvgIpc) is 0.722. The molecule has 0 aliphatic rings. The van der Waals surface area contributed by atoms with Crippen LogP contribution in [0.1, 0.15) is 20.8 Å². The molecule has 0 aliphatic carbocycles. The minimum atomic E-state index is -0.750. The second kappa shape index (κ2) is 2.76. The van der Waals surface area contributed by atoms with Crippen molar-refractivity contribution in [3.05, 3.63) is 0 Å². The zero-order chi connectivity index (χ0) is 4.50. The average molecular weight is 257 g/mol. The summed E-state index contributed by atoms with van der Waals surface area (Å²) in [5, 5.41) is 10.1. The Morgan fingerprint density at radius 2 is 1.17 bits per heavy atom. The fourth-order valence-electron chi connectivity index (χ4n) is 0. The SMILES string of the molecule is CC(C)(C)[O].[W]. The van der Waals surface area contributed by atoms with Crippen LogP contribution in [0.15, 0.2) is 0 Å². The Morgan fingerprint density at radius 3 is 1.17 bits per heavy atom. The van der Waals surface area contributed by atoms with Gasteiger partial charge in [-0.15, -0.1) is 0 Å². The molecule has 0 unspecified atom stereocenters. The van der Waals surface area contributed by atoms with Crippen molar-refractivity contribution in [2.24, 2.45) is 0 Å². The second-order valence-electron chi connectivity index (χ2n) is 2.11. The molecule has 0 amide bonds. The van der Waals surface area contributed by atoms with Crippen LogP contribution in [0.5, 0.6) is 0 Å². The molecule has 37 valence electrons. The van der Waals surface area contributed by atoms with Gasteiger partial charge in [-0.05, 0) is 20.8 Å². The first-order chi connectivity index (χ1) is 2.00. The number of rotatable bonds is 0. The number of hydrogen-bond donors (Lipinski definition) is 0. The van der Waals surface area contributed by atoms with Gasteiger partial charge in [-0.3, -0.25) is 0 Å². The molecule has 0 heterocycles. The Balaban J connectivity index is 0. The van der Waals surface area contributed by atoms with Crippen LogP contribution in [-0.2, 0) is 26.2 Å². The molecular weight excluding hydrogens is 248 g/mol. The van der Waals surface area contributed by atoms with Gasteiger partial charge >= 0.3 is 0 Å². The third-order valence-electron chi connectivity index (χ3n) is 0. The molecule has 0 bridgehead atoms. The van der Waals surface area contributed by atoms with Crippen LogP contribution in [-0.4, -0.2) is 5.60 Å². The summed E-state index contributed by atoms with van der Waals surface area (Å²) in [6.07, 6.45) is 0. The van der Waals surface area contributed by atoms with E-state index in [9.17, 15) is 5.11 Å². The Kier molecular flexibility index (Phi) is 4.52. The summed E-state index contributed by atoms with van der Waals surface area (Å²) in [6, 6.07) is 0. The normalized spacial score (nSPS) is 10.0. The van der Waals surface area contributed by atoms with E-state index >= 15 is 0 Å². The van der Waals surface area contributed by atoms with Crippen LogP contribution in [0.25, 0.3) is 0 Å². The van der Waals surface area contributed by atoms with Gasteiger partial charge in [-0.25, -0.2) is 5.11 Å². The van der Waals surface area contributed by atoms with Crippen LogP contribution in [0.2, 0.25) is 0 Å². The summed E-state index contributed by atoms with van der Waals surface area (Å²) in [7, 11) is 0. The predicted octanol–water partition coefficient (Wildman–Crippen LogP) is 1.21. The molecule has 0 aromatic heterocycles. The maximum absolute atomic E-state index is 10.1. The predicted molar refractivity (Wildman–Crippen MR) is 20.4 cm³/mol. The van der Waals surface area contributed by atoms with Crippen LogP contribution >= 0.6 is 0 Å². The Hall–Kier alpha value is 0.648. The summed E-state index contributed by atoms with van der Waals surface area (Å²) < 4.78 is 0. The van der Waals surface area contributed by atoms with E-state index in [-0.39, 0.29) is 21.1 Å². The van der Waals surface area contributed by atoms with E-state index in [1.807, 2.05) is 0 Å². The van der Waals surface area contributed by atoms with Crippen LogP contribution in [0.3, 0.4) is 0 Å². The Labute approximate surface area is 53.0 Å². The second-order valence-corrected chi connectivity index (χ2v) is 2.11. The van der Waals surface area contributed by atoms with E-state index in [4.69, 9.17) is 0 Å². The molecule has 0 atom stereocenters. The largest absolute Gasteiger partial charge is 0.230 e. The van der Waals surface area contributed by atoms with E-state index in [0.717, 1.165) is 0 Å². The first-order valence-electron chi connectivity index (χ1n) is 1.70. The van der Waals surface area contributed by atoms with E-state index < -0.39 is 5.60 Å². The van der Waals surface area contributed by atoms with E-state index in [1.165, 1.54) is 0 Å². The Morgan fingerprint density at radius 1 is 1.17 bits per heavy atom. The van der Waals surface area contributed by atoms with Gasteiger partial charge in [-0.2, -0.15) is 0 Å². The zero-order valence-electron chi connectivity index (χ0n) is 4.32. The van der Waals surface area contributed by atoms with Crippen molar-refractivity contribution in [2.75, 3.05) is 0 Å². The molecule has 6 heavy (non-hydrogen) atoms. The maximum Gasteiger partial charge on any atom is 0.0952 e. The standard InChI is InChI=1S/C4H9O.W/c1-4(2,3)5;/h1-3H3;. The van der Waals surface area contributed by atoms with E-state index in [0.29, 0.717) is 0 Å². The third kappa shape index (κ3) is 147. The molecule has 0 aliphatic heterocycles. The van der Waals surface area contributed by atoms with Crippen molar-refractivity contribution in [3.8, 4) is 0 Å². The fourth-order valence-corrected chi connectivity index (χ4v) is 0. The van der Waals surface area contributed by atoms with Gasteiger partial charge in [0.1, 0.15) is 0 Å². The van der Waals surface area contributed by atoms with Crippen molar-refractivity contribution >= 4 is 0 Å². The van der Waals surface area contributed by atoms with Crippen molar-refractivity contribution in [1.29, 1.82) is 0 Å². The molecule has 0 aromatic rings. The van der Waals surface area contributed by atoms with Crippen molar-refractivity contribution < 1.29 is 26.2 Å². The molecule has 1 nitrogen and oxygen atoms in total. The maximum atomic E-state index is 10.1. The van der Waals surface area contributed by atoms with Crippen molar-refractivity contribution in [1.82, 2.24) is 0 Å². The topological polar surface area (TPSA) is 19.9 Å². The smallest absolute Gasteiger partial charge is 0.0952 e. The van der Waals surface area contributed by atoms with Gasteiger partial charge in [0.15, 0.2) is 0 Å². The molecule has 0 saturated heterocycles. The zero-order valence-corrected chi connectivity index (χ0v) is 7.25.